The van der Waals surface area contributed by atoms with Crippen molar-refractivity contribution in [1.29, 1.82) is 0 Å². The minimum Gasteiger partial charge on any atom is -0.351 e. The zero-order valence-electron chi connectivity index (χ0n) is 12.7. The molecule has 0 saturated carbocycles. The molecule has 0 radical (unpaired) electrons. The quantitative estimate of drug-likeness (QED) is 0.603. The van der Waals surface area contributed by atoms with Crippen LogP contribution in [0.25, 0.3) is 0 Å². The third-order valence-corrected chi connectivity index (χ3v) is 3.17. The van der Waals surface area contributed by atoms with Gasteiger partial charge >= 0.3 is 6.03 Å². The molecule has 1 aromatic carbocycles. The largest absolute Gasteiger partial charge is 0.351 e. The van der Waals surface area contributed by atoms with Crippen LogP contribution < -0.4 is 16.4 Å². The Morgan fingerprint density at radius 1 is 1.00 bits per heavy atom. The summed E-state index contributed by atoms with van der Waals surface area (Å²) in [5.41, 5.74) is 6.29. The van der Waals surface area contributed by atoms with Crippen molar-refractivity contribution in [2.75, 3.05) is 10.6 Å². The van der Waals surface area contributed by atoms with Gasteiger partial charge in [0.05, 0.1) is 0 Å². The first kappa shape index (κ1) is 17.0. The summed E-state index contributed by atoms with van der Waals surface area (Å²) in [5, 5.41) is 5.30. The summed E-state index contributed by atoms with van der Waals surface area (Å²) >= 11 is 0. The van der Waals surface area contributed by atoms with Gasteiger partial charge in [-0.05, 0) is 24.6 Å². The van der Waals surface area contributed by atoms with Gasteiger partial charge in [-0.3, -0.25) is 4.79 Å². The van der Waals surface area contributed by atoms with Crippen molar-refractivity contribution in [2.24, 2.45) is 5.73 Å². The minimum atomic E-state index is -0.620. The number of primary amides is 1. The number of nitrogens with one attached hydrogen (secondary N) is 2. The van der Waals surface area contributed by atoms with E-state index in [1.165, 1.54) is 25.7 Å². The number of unbranched alkanes of at least 4 members (excludes halogenated alkanes) is 5. The van der Waals surface area contributed by atoms with E-state index in [9.17, 15) is 9.59 Å². The van der Waals surface area contributed by atoms with E-state index in [1.807, 2.05) is 0 Å². The minimum absolute atomic E-state index is 0.00159. The molecule has 4 N–H and O–H groups in total. The summed E-state index contributed by atoms with van der Waals surface area (Å²) in [5.74, 6) is 0.00159. The van der Waals surface area contributed by atoms with Gasteiger partial charge in [0.2, 0.25) is 5.91 Å². The Balaban J connectivity index is 2.29. The molecular formula is C16H25N3O2. The molecule has 1 aromatic rings. The van der Waals surface area contributed by atoms with Gasteiger partial charge in [0.1, 0.15) is 0 Å². The van der Waals surface area contributed by atoms with Crippen LogP contribution >= 0.6 is 0 Å². The van der Waals surface area contributed by atoms with Gasteiger partial charge in [0.25, 0.3) is 0 Å². The Morgan fingerprint density at radius 2 is 1.62 bits per heavy atom. The highest BCUT2D eigenvalue weighted by atomic mass is 16.2. The van der Waals surface area contributed by atoms with E-state index in [0.29, 0.717) is 17.8 Å². The fourth-order valence-corrected chi connectivity index (χ4v) is 2.11. The maximum absolute atomic E-state index is 11.8. The summed E-state index contributed by atoms with van der Waals surface area (Å²) in [6.07, 6.45) is 7.48. The third kappa shape index (κ3) is 7.97. The Labute approximate surface area is 126 Å². The van der Waals surface area contributed by atoms with Crippen LogP contribution in [0.1, 0.15) is 51.9 Å². The second-order valence-corrected chi connectivity index (χ2v) is 5.14. The first-order chi connectivity index (χ1) is 10.1. The van der Waals surface area contributed by atoms with E-state index in [4.69, 9.17) is 5.73 Å². The fourth-order valence-electron chi connectivity index (χ4n) is 2.11. The van der Waals surface area contributed by atoms with Crippen molar-refractivity contribution in [1.82, 2.24) is 0 Å². The van der Waals surface area contributed by atoms with Crippen LogP contribution in [0.2, 0.25) is 0 Å². The molecule has 5 heteroatoms. The van der Waals surface area contributed by atoms with E-state index in [2.05, 4.69) is 17.6 Å². The Bertz CT molecular complexity index is 461. The average Bonchev–Trinajstić information content (AvgIpc) is 2.42. The number of benzene rings is 1. The van der Waals surface area contributed by atoms with Gasteiger partial charge in [-0.2, -0.15) is 0 Å². The predicted molar refractivity (Wildman–Crippen MR) is 86.3 cm³/mol. The van der Waals surface area contributed by atoms with Crippen molar-refractivity contribution < 1.29 is 9.59 Å². The van der Waals surface area contributed by atoms with Crippen LogP contribution in [0.15, 0.2) is 24.3 Å². The Kier molecular flexibility index (Phi) is 7.94. The number of amides is 3. The number of rotatable bonds is 9. The van der Waals surface area contributed by atoms with E-state index in [0.717, 1.165) is 12.8 Å². The second kappa shape index (κ2) is 9.80. The summed E-state index contributed by atoms with van der Waals surface area (Å²) in [4.78, 5) is 22.6. The third-order valence-electron chi connectivity index (χ3n) is 3.17. The molecule has 116 valence electrons. The van der Waals surface area contributed by atoms with E-state index in [-0.39, 0.29) is 5.91 Å². The predicted octanol–water partition coefficient (Wildman–Crippen LogP) is 3.87. The number of hydrogen-bond donors (Lipinski definition) is 3. The lowest BCUT2D eigenvalue weighted by Crippen LogP contribution is -2.19. The van der Waals surface area contributed by atoms with Crippen molar-refractivity contribution in [2.45, 2.75) is 51.9 Å². The molecule has 0 bridgehead atoms. The number of nitrogens with two attached hydrogens (primary N) is 1. The van der Waals surface area contributed by atoms with E-state index < -0.39 is 6.03 Å². The summed E-state index contributed by atoms with van der Waals surface area (Å²) < 4.78 is 0. The molecule has 0 aliphatic carbocycles. The number of urea groups is 1. The van der Waals surface area contributed by atoms with Crippen LogP contribution in [-0.2, 0) is 4.79 Å². The molecule has 0 spiro atoms. The highest BCUT2D eigenvalue weighted by Gasteiger charge is 2.03. The van der Waals surface area contributed by atoms with Gasteiger partial charge in [-0.25, -0.2) is 4.79 Å². The summed E-state index contributed by atoms with van der Waals surface area (Å²) in [6, 6.07) is 6.32. The topological polar surface area (TPSA) is 84.2 Å². The SMILES string of the molecule is CCCCCCCCC(=O)Nc1cccc(NC(N)=O)c1. The second-order valence-electron chi connectivity index (χ2n) is 5.14. The molecule has 0 fully saturated rings. The molecule has 0 aliphatic rings. The monoisotopic (exact) mass is 291 g/mol. The molecule has 0 heterocycles. The molecule has 21 heavy (non-hydrogen) atoms. The maximum Gasteiger partial charge on any atom is 0.316 e. The first-order valence-corrected chi connectivity index (χ1v) is 7.58. The molecule has 0 aliphatic heterocycles. The molecule has 0 atom stereocenters. The van der Waals surface area contributed by atoms with E-state index in [1.54, 1.807) is 24.3 Å². The molecule has 0 unspecified atom stereocenters. The standard InChI is InChI=1S/C16H25N3O2/c1-2-3-4-5-6-7-11-15(20)18-13-9-8-10-14(12-13)19-16(17)21/h8-10,12H,2-7,11H2,1H3,(H,18,20)(H3,17,19,21). The average molecular weight is 291 g/mol. The van der Waals surface area contributed by atoms with E-state index >= 15 is 0 Å². The van der Waals surface area contributed by atoms with Crippen molar-refractivity contribution in [3.05, 3.63) is 24.3 Å². The number of hydrogen-bond acceptors (Lipinski definition) is 2. The van der Waals surface area contributed by atoms with Crippen LogP contribution in [-0.4, -0.2) is 11.9 Å². The van der Waals surface area contributed by atoms with Crippen LogP contribution in [0.4, 0.5) is 16.2 Å². The van der Waals surface area contributed by atoms with Crippen LogP contribution in [0.3, 0.4) is 0 Å². The maximum atomic E-state index is 11.8. The first-order valence-electron chi connectivity index (χ1n) is 7.58. The van der Waals surface area contributed by atoms with Crippen LogP contribution in [0, 0.1) is 0 Å². The molecule has 0 saturated heterocycles. The van der Waals surface area contributed by atoms with Crippen molar-refractivity contribution in [3.8, 4) is 0 Å². The van der Waals surface area contributed by atoms with Crippen LogP contribution in [0.5, 0.6) is 0 Å². The number of carbonyl (C=O) groups is 2. The smallest absolute Gasteiger partial charge is 0.316 e. The number of carbonyl (C=O) groups excluding carboxylic acids is 2. The molecular weight excluding hydrogens is 266 g/mol. The van der Waals surface area contributed by atoms with Crippen molar-refractivity contribution in [3.63, 3.8) is 0 Å². The highest BCUT2D eigenvalue weighted by molar-refractivity contribution is 5.93. The number of anilines is 2. The summed E-state index contributed by atoms with van der Waals surface area (Å²) in [7, 11) is 0. The zero-order valence-corrected chi connectivity index (χ0v) is 12.7. The lowest BCUT2D eigenvalue weighted by Gasteiger charge is -2.07. The molecule has 3 amide bonds. The van der Waals surface area contributed by atoms with Gasteiger partial charge < -0.3 is 16.4 Å². The summed E-state index contributed by atoms with van der Waals surface area (Å²) in [6.45, 7) is 2.19. The lowest BCUT2D eigenvalue weighted by molar-refractivity contribution is -0.116. The van der Waals surface area contributed by atoms with Gasteiger partial charge in [-0.15, -0.1) is 0 Å². The Hall–Kier alpha value is -2.04. The van der Waals surface area contributed by atoms with Gasteiger partial charge in [0, 0.05) is 17.8 Å². The van der Waals surface area contributed by atoms with Gasteiger partial charge in [-0.1, -0.05) is 45.1 Å². The lowest BCUT2D eigenvalue weighted by atomic mass is 10.1. The molecule has 5 nitrogen and oxygen atoms in total. The molecule has 1 rings (SSSR count). The zero-order chi connectivity index (χ0) is 15.5. The highest BCUT2D eigenvalue weighted by Crippen LogP contribution is 2.15. The Morgan fingerprint density at radius 3 is 2.29 bits per heavy atom. The normalized spacial score (nSPS) is 10.1. The fraction of sp³-hybridized carbons (Fsp3) is 0.500. The van der Waals surface area contributed by atoms with Gasteiger partial charge in [0.15, 0.2) is 0 Å². The van der Waals surface area contributed by atoms with Crippen molar-refractivity contribution >= 4 is 23.3 Å². The molecule has 0 aromatic heterocycles.